The summed E-state index contributed by atoms with van der Waals surface area (Å²) in [5, 5.41) is 0. The Labute approximate surface area is 80.6 Å². The second kappa shape index (κ2) is 3.83. The van der Waals surface area contributed by atoms with Crippen LogP contribution < -0.4 is 0 Å². The van der Waals surface area contributed by atoms with Crippen LogP contribution in [0.4, 0.5) is 0 Å². The molecule has 2 aromatic heterocycles. The van der Waals surface area contributed by atoms with Crippen LogP contribution in [0.25, 0.3) is 0 Å². The number of hydrogen-bond acceptors (Lipinski definition) is 4. The highest BCUT2D eigenvalue weighted by atomic mass is 16.4. The molecule has 14 heavy (non-hydrogen) atoms. The number of aromatic nitrogens is 2. The van der Waals surface area contributed by atoms with Crippen molar-refractivity contribution in [1.82, 2.24) is 9.97 Å². The number of rotatable bonds is 3. The predicted octanol–water partition coefficient (Wildman–Crippen LogP) is 1.47. The van der Waals surface area contributed by atoms with Gasteiger partial charge in [-0.2, -0.15) is 0 Å². The lowest BCUT2D eigenvalue weighted by atomic mass is 10.3. The van der Waals surface area contributed by atoms with Crippen molar-refractivity contribution in [3.63, 3.8) is 0 Å². The number of oxazole rings is 1. The largest absolute Gasteiger partial charge is 0.437 e. The Hall–Kier alpha value is -1.97. The van der Waals surface area contributed by atoms with E-state index in [1.165, 1.54) is 6.20 Å². The van der Waals surface area contributed by atoms with E-state index in [4.69, 9.17) is 4.42 Å². The average molecular weight is 188 g/mol. The predicted molar refractivity (Wildman–Crippen MR) is 48.9 cm³/mol. The van der Waals surface area contributed by atoms with E-state index in [9.17, 15) is 4.79 Å². The molecule has 0 fully saturated rings. The van der Waals surface area contributed by atoms with Gasteiger partial charge in [0.1, 0.15) is 0 Å². The van der Waals surface area contributed by atoms with Gasteiger partial charge in [0.15, 0.2) is 12.0 Å². The van der Waals surface area contributed by atoms with Crippen LogP contribution in [0.5, 0.6) is 0 Å². The van der Waals surface area contributed by atoms with Gasteiger partial charge in [0, 0.05) is 11.9 Å². The van der Waals surface area contributed by atoms with Gasteiger partial charge in [0.05, 0.1) is 12.6 Å². The third-order valence-electron chi connectivity index (χ3n) is 1.75. The van der Waals surface area contributed by atoms with Gasteiger partial charge in [-0.15, -0.1) is 0 Å². The smallest absolute Gasteiger partial charge is 0.201 e. The molecule has 0 aliphatic rings. The molecule has 0 unspecified atom stereocenters. The van der Waals surface area contributed by atoms with E-state index in [0.29, 0.717) is 18.6 Å². The van der Waals surface area contributed by atoms with E-state index in [1.54, 1.807) is 6.20 Å². The molecule has 70 valence electrons. The average Bonchev–Trinajstić information content (AvgIpc) is 2.67. The summed E-state index contributed by atoms with van der Waals surface area (Å²) in [7, 11) is 0. The van der Waals surface area contributed by atoms with Gasteiger partial charge in [0.2, 0.25) is 5.89 Å². The van der Waals surface area contributed by atoms with Crippen LogP contribution in [0.2, 0.25) is 0 Å². The highest BCUT2D eigenvalue weighted by Gasteiger charge is 2.04. The molecule has 0 N–H and O–H groups in total. The first-order valence-electron chi connectivity index (χ1n) is 4.18. The Balaban J connectivity index is 2.15. The highest BCUT2D eigenvalue weighted by Crippen LogP contribution is 2.06. The van der Waals surface area contributed by atoms with Crippen molar-refractivity contribution in [1.29, 1.82) is 0 Å². The van der Waals surface area contributed by atoms with E-state index in [0.717, 1.165) is 5.69 Å². The Morgan fingerprint density at radius 2 is 2.29 bits per heavy atom. The van der Waals surface area contributed by atoms with E-state index >= 15 is 0 Å². The van der Waals surface area contributed by atoms with Crippen LogP contribution in [0, 0.1) is 0 Å². The minimum atomic E-state index is 0.246. The Morgan fingerprint density at radius 3 is 2.93 bits per heavy atom. The number of hydrogen-bond donors (Lipinski definition) is 0. The van der Waals surface area contributed by atoms with Crippen molar-refractivity contribution in [2.75, 3.05) is 0 Å². The van der Waals surface area contributed by atoms with Gasteiger partial charge in [-0.1, -0.05) is 6.07 Å². The van der Waals surface area contributed by atoms with Crippen molar-refractivity contribution < 1.29 is 9.21 Å². The number of pyridine rings is 1. The lowest BCUT2D eigenvalue weighted by molar-refractivity contribution is 0.109. The second-order valence-electron chi connectivity index (χ2n) is 2.77. The molecule has 0 amide bonds. The molecule has 0 saturated carbocycles. The molecular weight excluding hydrogens is 180 g/mol. The lowest BCUT2D eigenvalue weighted by Gasteiger charge is -1.93. The quantitative estimate of drug-likeness (QED) is 0.684. The summed E-state index contributed by atoms with van der Waals surface area (Å²) < 4.78 is 5.12. The number of carbonyl (C=O) groups excluding carboxylic acids is 1. The van der Waals surface area contributed by atoms with E-state index in [-0.39, 0.29) is 5.76 Å². The molecule has 4 nitrogen and oxygen atoms in total. The third-order valence-corrected chi connectivity index (χ3v) is 1.75. The van der Waals surface area contributed by atoms with Crippen LogP contribution >= 0.6 is 0 Å². The van der Waals surface area contributed by atoms with Crippen LogP contribution in [0.3, 0.4) is 0 Å². The molecular formula is C10H8N2O2. The first-order valence-corrected chi connectivity index (χ1v) is 4.18. The van der Waals surface area contributed by atoms with Crippen molar-refractivity contribution in [3.05, 3.63) is 47.9 Å². The molecule has 0 radical (unpaired) electrons. The fraction of sp³-hybridized carbons (Fsp3) is 0.100. The molecule has 2 heterocycles. The summed E-state index contributed by atoms with van der Waals surface area (Å²) in [4.78, 5) is 18.4. The van der Waals surface area contributed by atoms with Gasteiger partial charge >= 0.3 is 0 Å². The summed E-state index contributed by atoms with van der Waals surface area (Å²) in [6, 6.07) is 5.62. The maximum atomic E-state index is 10.3. The zero-order chi connectivity index (χ0) is 9.80. The van der Waals surface area contributed by atoms with Crippen molar-refractivity contribution >= 4 is 6.29 Å². The van der Waals surface area contributed by atoms with Crippen molar-refractivity contribution in [2.45, 2.75) is 6.42 Å². The van der Waals surface area contributed by atoms with E-state index in [2.05, 4.69) is 9.97 Å². The van der Waals surface area contributed by atoms with Crippen LogP contribution in [0.15, 0.2) is 35.0 Å². The fourth-order valence-corrected chi connectivity index (χ4v) is 1.12. The molecule has 2 aromatic rings. The maximum Gasteiger partial charge on any atom is 0.201 e. The third kappa shape index (κ3) is 1.85. The summed E-state index contributed by atoms with van der Waals surface area (Å²) in [6.45, 7) is 0. The van der Waals surface area contributed by atoms with E-state index < -0.39 is 0 Å². The number of aldehydes is 1. The van der Waals surface area contributed by atoms with Gasteiger partial charge in [-0.3, -0.25) is 9.78 Å². The Kier molecular flexibility index (Phi) is 2.36. The summed E-state index contributed by atoms with van der Waals surface area (Å²) in [5.41, 5.74) is 0.867. The first-order chi connectivity index (χ1) is 6.88. The van der Waals surface area contributed by atoms with Crippen molar-refractivity contribution in [3.8, 4) is 0 Å². The minimum absolute atomic E-state index is 0.246. The normalized spacial score (nSPS) is 10.0. The molecule has 0 spiro atoms. The maximum absolute atomic E-state index is 10.3. The zero-order valence-electron chi connectivity index (χ0n) is 7.38. The van der Waals surface area contributed by atoms with Crippen LogP contribution in [0.1, 0.15) is 22.1 Å². The Morgan fingerprint density at radius 1 is 1.36 bits per heavy atom. The molecule has 0 bridgehead atoms. The molecule has 0 aromatic carbocycles. The fourth-order valence-electron chi connectivity index (χ4n) is 1.12. The zero-order valence-corrected chi connectivity index (χ0v) is 7.38. The summed E-state index contributed by atoms with van der Waals surface area (Å²) in [5.74, 6) is 0.752. The Bertz CT molecular complexity index is 423. The second-order valence-corrected chi connectivity index (χ2v) is 2.77. The van der Waals surface area contributed by atoms with Crippen molar-refractivity contribution in [2.24, 2.45) is 0 Å². The molecule has 4 heteroatoms. The summed E-state index contributed by atoms with van der Waals surface area (Å²) >= 11 is 0. The topological polar surface area (TPSA) is 56.0 Å². The standard InChI is InChI=1S/C10H8N2O2/c13-7-9-6-12-10(14-9)5-8-3-1-2-4-11-8/h1-4,6-7H,5H2. The number of nitrogens with zero attached hydrogens (tertiary/aromatic N) is 2. The number of carbonyl (C=O) groups is 1. The van der Waals surface area contributed by atoms with Gasteiger partial charge in [0.25, 0.3) is 0 Å². The summed E-state index contributed by atoms with van der Waals surface area (Å²) in [6.07, 6.45) is 4.26. The van der Waals surface area contributed by atoms with Gasteiger partial charge in [-0.05, 0) is 12.1 Å². The minimum Gasteiger partial charge on any atom is -0.437 e. The molecule has 0 aliphatic heterocycles. The lowest BCUT2D eigenvalue weighted by Crippen LogP contribution is -1.90. The SMILES string of the molecule is O=Cc1cnc(Cc2ccccn2)o1. The molecule has 0 atom stereocenters. The van der Waals surface area contributed by atoms with Crippen LogP contribution in [-0.2, 0) is 6.42 Å². The van der Waals surface area contributed by atoms with E-state index in [1.807, 2.05) is 18.2 Å². The first kappa shape index (κ1) is 8.62. The molecule has 0 aliphatic carbocycles. The van der Waals surface area contributed by atoms with Crippen LogP contribution in [-0.4, -0.2) is 16.3 Å². The highest BCUT2D eigenvalue weighted by molar-refractivity contribution is 5.69. The molecule has 2 rings (SSSR count). The van der Waals surface area contributed by atoms with Gasteiger partial charge in [-0.25, -0.2) is 4.98 Å². The van der Waals surface area contributed by atoms with Gasteiger partial charge < -0.3 is 4.42 Å². The monoisotopic (exact) mass is 188 g/mol. The molecule has 0 saturated heterocycles.